The van der Waals surface area contributed by atoms with Crippen molar-refractivity contribution in [3.05, 3.63) is 35.9 Å². The second-order valence-electron chi connectivity index (χ2n) is 2.20. The van der Waals surface area contributed by atoms with Crippen LogP contribution in [0.25, 0.3) is 0 Å². The van der Waals surface area contributed by atoms with Crippen LogP contribution in [0.1, 0.15) is 5.56 Å². The van der Waals surface area contributed by atoms with Crippen LogP contribution < -0.4 is 5.73 Å². The van der Waals surface area contributed by atoms with Crippen LogP contribution >= 0.6 is 0 Å². The van der Waals surface area contributed by atoms with Gasteiger partial charge in [0.1, 0.15) is 0 Å². The van der Waals surface area contributed by atoms with Gasteiger partial charge in [-0.25, -0.2) is 25.2 Å². The summed E-state index contributed by atoms with van der Waals surface area (Å²) in [5.41, 5.74) is 5.35. The van der Waals surface area contributed by atoms with Crippen molar-refractivity contribution in [3.63, 3.8) is 0 Å². The minimum atomic E-state index is -1.33. The molecule has 0 aliphatic carbocycles. The zero-order valence-corrected chi connectivity index (χ0v) is 9.14. The Labute approximate surface area is 97.9 Å². The van der Waals surface area contributed by atoms with Crippen molar-refractivity contribution in [1.82, 2.24) is 0 Å². The van der Waals surface area contributed by atoms with Gasteiger partial charge in [-0.1, -0.05) is 35.9 Å². The number of isocyanates is 2. The maximum atomic E-state index is 8.78. The number of hydrogen-bond donors (Lipinski definition) is 4. The molecule has 0 aliphatic heterocycles. The fraction of sp³-hybridized carbons (Fsp3) is 0.100. The molecule has 0 heterocycles. The van der Waals surface area contributed by atoms with Crippen molar-refractivity contribution in [2.45, 2.75) is 6.92 Å². The van der Waals surface area contributed by atoms with E-state index in [9.17, 15) is 0 Å². The Morgan fingerprint density at radius 3 is 1.53 bits per heavy atom. The first kappa shape index (κ1) is 19.8. The summed E-state index contributed by atoms with van der Waals surface area (Å²) in [6.45, 7) is 2.08. The van der Waals surface area contributed by atoms with Gasteiger partial charge in [-0.3, -0.25) is 0 Å². The number of nitrogens with one attached hydrogen (secondary N) is 2. The number of carboxylic acid groups (broad SMARTS) is 1. The van der Waals surface area contributed by atoms with Crippen LogP contribution in [-0.2, 0) is 9.59 Å². The maximum absolute atomic E-state index is 8.78. The zero-order chi connectivity index (χ0) is 14.1. The number of carbonyl (C=O) groups excluding carboxylic acids is 2. The van der Waals surface area contributed by atoms with Crippen molar-refractivity contribution in [3.8, 4) is 0 Å². The third-order valence-electron chi connectivity index (χ3n) is 0.940. The van der Waals surface area contributed by atoms with E-state index < -0.39 is 6.09 Å². The molecular weight excluding hydrogens is 226 g/mol. The highest BCUT2D eigenvalue weighted by molar-refractivity contribution is 5.61. The molecule has 7 nitrogen and oxygen atoms in total. The van der Waals surface area contributed by atoms with E-state index in [2.05, 4.69) is 24.8 Å². The Kier molecular flexibility index (Phi) is 22.0. The van der Waals surface area contributed by atoms with Crippen LogP contribution in [0.3, 0.4) is 0 Å². The molecule has 0 atom stereocenters. The predicted molar refractivity (Wildman–Crippen MR) is 60.2 cm³/mol. The molecule has 1 aromatic carbocycles. The van der Waals surface area contributed by atoms with Gasteiger partial charge in [-0.15, -0.1) is 0 Å². The topological polar surface area (TPSA) is 145 Å². The molecule has 0 fully saturated rings. The first-order valence-electron chi connectivity index (χ1n) is 4.04. The van der Waals surface area contributed by atoms with Gasteiger partial charge in [0.05, 0.1) is 0 Å². The first-order valence-corrected chi connectivity index (χ1v) is 4.04. The average Bonchev–Trinajstić information content (AvgIpc) is 2.20. The Morgan fingerprint density at radius 1 is 1.18 bits per heavy atom. The molecule has 0 aliphatic rings. The predicted octanol–water partition coefficient (Wildman–Crippen LogP) is 1.42. The fourth-order valence-electron chi connectivity index (χ4n) is 0.534. The maximum Gasteiger partial charge on any atom is 0.402 e. The van der Waals surface area contributed by atoms with Gasteiger partial charge >= 0.3 is 6.09 Å². The van der Waals surface area contributed by atoms with E-state index in [0.717, 1.165) is 12.2 Å². The summed E-state index contributed by atoms with van der Waals surface area (Å²) >= 11 is 0. The van der Waals surface area contributed by atoms with E-state index in [0.29, 0.717) is 0 Å². The molecule has 0 unspecified atom stereocenters. The number of benzene rings is 1. The first-order chi connectivity index (χ1) is 7.95. The molecule has 1 aromatic rings. The van der Waals surface area contributed by atoms with Gasteiger partial charge in [-0.05, 0) is 6.92 Å². The summed E-state index contributed by atoms with van der Waals surface area (Å²) in [6, 6.07) is 10.3. The number of nitrogens with two attached hydrogens (primary N) is 1. The number of aryl methyl sites for hydroxylation is 1. The quantitative estimate of drug-likeness (QED) is 0.400. The summed E-state index contributed by atoms with van der Waals surface area (Å²) in [5, 5.41) is 18.0. The Balaban J connectivity index is -0.000000170. The Morgan fingerprint density at radius 2 is 1.41 bits per heavy atom. The Hall–Kier alpha value is -2.75. The molecule has 0 aromatic heterocycles. The van der Waals surface area contributed by atoms with E-state index in [1.54, 1.807) is 0 Å². The normalized spacial score (nSPS) is 5.94. The number of rotatable bonds is 0. The van der Waals surface area contributed by atoms with Gasteiger partial charge < -0.3 is 10.8 Å². The van der Waals surface area contributed by atoms with E-state index in [1.165, 1.54) is 5.56 Å². The Bertz CT molecular complexity index is 337. The van der Waals surface area contributed by atoms with Gasteiger partial charge in [0, 0.05) is 0 Å². The molecule has 17 heavy (non-hydrogen) atoms. The van der Waals surface area contributed by atoms with Gasteiger partial charge in [0.25, 0.3) is 0 Å². The average molecular weight is 239 g/mol. The lowest BCUT2D eigenvalue weighted by molar-refractivity contribution is 0.205. The molecule has 0 radical (unpaired) electrons. The molecule has 1 amide bonds. The van der Waals surface area contributed by atoms with E-state index in [-0.39, 0.29) is 0 Å². The lowest BCUT2D eigenvalue weighted by Crippen LogP contribution is -2.03. The summed E-state index contributed by atoms with van der Waals surface area (Å²) < 4.78 is 0. The van der Waals surface area contributed by atoms with Crippen molar-refractivity contribution in [2.75, 3.05) is 0 Å². The molecule has 0 saturated carbocycles. The smallest absolute Gasteiger partial charge is 0.402 e. The number of amides is 1. The van der Waals surface area contributed by atoms with E-state index in [4.69, 9.17) is 30.3 Å². The van der Waals surface area contributed by atoms with Gasteiger partial charge in [0.2, 0.25) is 12.2 Å². The zero-order valence-electron chi connectivity index (χ0n) is 9.14. The summed E-state index contributed by atoms with van der Waals surface area (Å²) in [7, 11) is 0. The molecule has 0 saturated heterocycles. The third kappa shape index (κ3) is 60.8. The molecule has 1 rings (SSSR count). The van der Waals surface area contributed by atoms with Crippen LogP contribution in [0.4, 0.5) is 4.79 Å². The van der Waals surface area contributed by atoms with Gasteiger partial charge in [-0.2, -0.15) is 0 Å². The monoisotopic (exact) mass is 239 g/mol. The summed E-state index contributed by atoms with van der Waals surface area (Å²) in [5.74, 6) is 0. The van der Waals surface area contributed by atoms with Crippen molar-refractivity contribution < 1.29 is 19.5 Å². The molecule has 7 heteroatoms. The minimum absolute atomic E-state index is 0.750. The van der Waals surface area contributed by atoms with Crippen LogP contribution in [0.2, 0.25) is 0 Å². The second kappa shape index (κ2) is 18.9. The molecule has 0 bridgehead atoms. The highest BCUT2D eigenvalue weighted by atomic mass is 16.4. The highest BCUT2D eigenvalue weighted by Crippen LogP contribution is 1.92. The molecule has 0 spiro atoms. The fourth-order valence-corrected chi connectivity index (χ4v) is 0.534. The lowest BCUT2D eigenvalue weighted by Gasteiger charge is -1.82. The van der Waals surface area contributed by atoms with Crippen LogP contribution in [0, 0.1) is 17.7 Å². The van der Waals surface area contributed by atoms with E-state index in [1.807, 2.05) is 18.2 Å². The van der Waals surface area contributed by atoms with Crippen LogP contribution in [-0.4, -0.2) is 23.4 Å². The highest BCUT2D eigenvalue weighted by Gasteiger charge is 1.72. The SMILES string of the molecule is Cc1ccccc1.N=C=O.N=C=O.NC(=O)O. The minimum Gasteiger partial charge on any atom is -0.465 e. The van der Waals surface area contributed by atoms with Crippen molar-refractivity contribution in [1.29, 1.82) is 10.8 Å². The molecule has 92 valence electrons. The standard InChI is InChI=1S/C7H8.CH3NO2.2CHNO/c1-7-5-3-2-4-6-7;2-1(3)4;2*2-1-3/h2-6H,1H3;2H2,(H,3,4);2*2H. The van der Waals surface area contributed by atoms with Crippen LogP contribution in [0.5, 0.6) is 0 Å². The molecular formula is C10H13N3O4. The molecule has 5 N–H and O–H groups in total. The number of carbonyl (C=O) groups is 1. The van der Waals surface area contributed by atoms with Crippen molar-refractivity contribution >= 4 is 18.3 Å². The number of primary amides is 1. The summed E-state index contributed by atoms with van der Waals surface area (Å²) in [6.07, 6.45) is 0.167. The largest absolute Gasteiger partial charge is 0.465 e. The lowest BCUT2D eigenvalue weighted by atomic mass is 10.2. The summed E-state index contributed by atoms with van der Waals surface area (Å²) in [4.78, 5) is 25.5. The number of hydrogen-bond acceptors (Lipinski definition) is 5. The second-order valence-corrected chi connectivity index (χ2v) is 2.20. The third-order valence-corrected chi connectivity index (χ3v) is 0.940. The van der Waals surface area contributed by atoms with Gasteiger partial charge in [0.15, 0.2) is 0 Å². The van der Waals surface area contributed by atoms with Crippen LogP contribution in [0.15, 0.2) is 30.3 Å². The van der Waals surface area contributed by atoms with Crippen molar-refractivity contribution in [2.24, 2.45) is 5.73 Å². The van der Waals surface area contributed by atoms with E-state index >= 15 is 0 Å².